The van der Waals surface area contributed by atoms with Crippen molar-refractivity contribution in [3.8, 4) is 5.75 Å². The SMILES string of the molecule is COc1ccc(C(CC(=O)c2ccccc2)C2(OO)C(=O)CC(C)(C)CC2=O)cc1. The fraction of sp³-hybridized carbons (Fsp3) is 0.375. The van der Waals surface area contributed by atoms with E-state index < -0.39 is 28.5 Å². The Morgan fingerprint density at radius 3 is 2.07 bits per heavy atom. The summed E-state index contributed by atoms with van der Waals surface area (Å²) in [5.74, 6) is -1.68. The van der Waals surface area contributed by atoms with Gasteiger partial charge in [0.15, 0.2) is 17.3 Å². The van der Waals surface area contributed by atoms with Crippen molar-refractivity contribution in [2.45, 2.75) is 44.6 Å². The van der Waals surface area contributed by atoms with Gasteiger partial charge in [0.2, 0.25) is 5.60 Å². The maximum atomic E-state index is 13.2. The lowest BCUT2D eigenvalue weighted by Crippen LogP contribution is -2.58. The molecule has 1 unspecified atom stereocenters. The maximum Gasteiger partial charge on any atom is 0.225 e. The van der Waals surface area contributed by atoms with E-state index in [0.717, 1.165) is 0 Å². The molecule has 1 atom stereocenters. The predicted octanol–water partition coefficient (Wildman–Crippen LogP) is 4.24. The van der Waals surface area contributed by atoms with Crippen LogP contribution in [0, 0.1) is 5.41 Å². The van der Waals surface area contributed by atoms with Crippen LogP contribution in [0.4, 0.5) is 0 Å². The minimum absolute atomic E-state index is 0.0610. The first-order valence-corrected chi connectivity index (χ1v) is 9.85. The molecule has 6 heteroatoms. The number of methoxy groups -OCH3 is 1. The summed E-state index contributed by atoms with van der Waals surface area (Å²) in [4.78, 5) is 44.1. The van der Waals surface area contributed by atoms with E-state index in [9.17, 15) is 19.6 Å². The number of Topliss-reactive ketones (excluding diaryl/α,β-unsaturated/α-hetero) is 3. The Hall–Kier alpha value is -2.83. The lowest BCUT2D eigenvalue weighted by Gasteiger charge is -2.42. The fourth-order valence-corrected chi connectivity index (χ4v) is 4.16. The standard InChI is InChI=1S/C24H26O6/c1-23(2)14-21(26)24(30-28,22(27)15-23)19(16-9-11-18(29-3)12-10-16)13-20(25)17-7-5-4-6-8-17/h4-12,19,28H,13-15H2,1-3H3. The van der Waals surface area contributed by atoms with Gasteiger partial charge in [-0.2, -0.15) is 0 Å². The van der Waals surface area contributed by atoms with Crippen LogP contribution in [0.2, 0.25) is 0 Å². The van der Waals surface area contributed by atoms with Crippen LogP contribution in [0.1, 0.15) is 54.9 Å². The Labute approximate surface area is 175 Å². The van der Waals surface area contributed by atoms with Crippen molar-refractivity contribution in [1.82, 2.24) is 0 Å². The number of benzene rings is 2. The zero-order chi connectivity index (χ0) is 21.9. The molecule has 30 heavy (non-hydrogen) atoms. The highest BCUT2D eigenvalue weighted by atomic mass is 17.1. The summed E-state index contributed by atoms with van der Waals surface area (Å²) in [6.07, 6.45) is -0.0498. The Kier molecular flexibility index (Phi) is 6.19. The zero-order valence-corrected chi connectivity index (χ0v) is 17.4. The van der Waals surface area contributed by atoms with E-state index in [4.69, 9.17) is 9.62 Å². The molecule has 0 saturated heterocycles. The Morgan fingerprint density at radius 1 is 1.00 bits per heavy atom. The number of carbonyl (C=O) groups is 3. The predicted molar refractivity (Wildman–Crippen MR) is 111 cm³/mol. The van der Waals surface area contributed by atoms with Gasteiger partial charge in [-0.25, -0.2) is 4.89 Å². The van der Waals surface area contributed by atoms with E-state index in [0.29, 0.717) is 16.9 Å². The number of hydrogen-bond donors (Lipinski definition) is 1. The first kappa shape index (κ1) is 21.9. The molecule has 1 fully saturated rings. The number of carbonyl (C=O) groups excluding carboxylic acids is 3. The van der Waals surface area contributed by atoms with E-state index in [1.54, 1.807) is 54.6 Å². The van der Waals surface area contributed by atoms with Crippen LogP contribution in [-0.4, -0.2) is 35.3 Å². The van der Waals surface area contributed by atoms with E-state index in [1.165, 1.54) is 7.11 Å². The Morgan fingerprint density at radius 2 is 1.57 bits per heavy atom. The molecule has 158 valence electrons. The molecule has 2 aromatic rings. The van der Waals surface area contributed by atoms with Gasteiger partial charge in [-0.15, -0.1) is 0 Å². The monoisotopic (exact) mass is 410 g/mol. The summed E-state index contributed by atoms with van der Waals surface area (Å²) in [6.45, 7) is 3.64. The van der Waals surface area contributed by atoms with Crippen molar-refractivity contribution in [3.05, 3.63) is 65.7 Å². The quantitative estimate of drug-likeness (QED) is 0.318. The van der Waals surface area contributed by atoms with E-state index in [-0.39, 0.29) is 25.0 Å². The van der Waals surface area contributed by atoms with Crippen molar-refractivity contribution in [3.63, 3.8) is 0 Å². The molecular formula is C24H26O6. The summed E-state index contributed by atoms with van der Waals surface area (Å²) in [5, 5.41) is 9.89. The molecule has 3 rings (SSSR count). The average Bonchev–Trinajstić information content (AvgIpc) is 2.73. The van der Waals surface area contributed by atoms with Gasteiger partial charge >= 0.3 is 0 Å². The molecule has 1 aliphatic carbocycles. The molecule has 0 aromatic heterocycles. The second-order valence-electron chi connectivity index (χ2n) is 8.51. The van der Waals surface area contributed by atoms with Gasteiger partial charge in [0.25, 0.3) is 0 Å². The van der Waals surface area contributed by atoms with Gasteiger partial charge in [-0.05, 0) is 23.1 Å². The van der Waals surface area contributed by atoms with E-state index in [1.807, 2.05) is 13.8 Å². The molecule has 0 bridgehead atoms. The molecule has 0 radical (unpaired) electrons. The lowest BCUT2D eigenvalue weighted by molar-refractivity contribution is -0.309. The number of ether oxygens (including phenoxy) is 1. The summed E-state index contributed by atoms with van der Waals surface area (Å²) < 4.78 is 5.18. The van der Waals surface area contributed by atoms with Crippen LogP contribution in [0.15, 0.2) is 54.6 Å². The van der Waals surface area contributed by atoms with Crippen molar-refractivity contribution < 1.29 is 29.3 Å². The first-order valence-electron chi connectivity index (χ1n) is 9.85. The zero-order valence-electron chi connectivity index (χ0n) is 17.4. The Bertz CT molecular complexity index is 910. The van der Waals surface area contributed by atoms with Gasteiger partial charge in [-0.3, -0.25) is 19.6 Å². The molecule has 0 spiro atoms. The summed E-state index contributed by atoms with van der Waals surface area (Å²) in [5.41, 5.74) is -1.66. The number of rotatable bonds is 7. The topological polar surface area (TPSA) is 89.9 Å². The normalized spacial score (nSPS) is 18.7. The van der Waals surface area contributed by atoms with Crippen LogP contribution in [0.25, 0.3) is 0 Å². The van der Waals surface area contributed by atoms with Gasteiger partial charge in [0.05, 0.1) is 7.11 Å². The van der Waals surface area contributed by atoms with Gasteiger partial charge in [0.1, 0.15) is 5.75 Å². The largest absolute Gasteiger partial charge is 0.497 e. The summed E-state index contributed by atoms with van der Waals surface area (Å²) in [6, 6.07) is 15.4. The lowest BCUT2D eigenvalue weighted by atomic mass is 9.62. The maximum absolute atomic E-state index is 13.2. The Balaban J connectivity index is 2.08. The highest BCUT2D eigenvalue weighted by Crippen LogP contribution is 2.46. The molecule has 6 nitrogen and oxygen atoms in total. The molecular weight excluding hydrogens is 384 g/mol. The minimum atomic E-state index is -2.12. The molecule has 1 aliphatic rings. The molecule has 1 N–H and O–H groups in total. The highest BCUT2D eigenvalue weighted by molar-refractivity contribution is 6.14. The third-order valence-corrected chi connectivity index (χ3v) is 5.74. The van der Waals surface area contributed by atoms with Crippen LogP contribution < -0.4 is 4.74 Å². The summed E-state index contributed by atoms with van der Waals surface area (Å²) >= 11 is 0. The molecule has 0 amide bonds. The van der Waals surface area contributed by atoms with Crippen LogP contribution >= 0.6 is 0 Å². The average molecular weight is 410 g/mol. The van der Waals surface area contributed by atoms with Gasteiger partial charge < -0.3 is 4.74 Å². The number of ketones is 3. The molecule has 1 saturated carbocycles. The van der Waals surface area contributed by atoms with Crippen LogP contribution in [0.5, 0.6) is 5.75 Å². The van der Waals surface area contributed by atoms with Crippen LogP contribution in [-0.2, 0) is 14.5 Å². The van der Waals surface area contributed by atoms with Gasteiger partial charge in [-0.1, -0.05) is 56.3 Å². The molecule has 0 aliphatic heterocycles. The smallest absolute Gasteiger partial charge is 0.225 e. The van der Waals surface area contributed by atoms with Crippen molar-refractivity contribution in [1.29, 1.82) is 0 Å². The fourth-order valence-electron chi connectivity index (χ4n) is 4.16. The van der Waals surface area contributed by atoms with Crippen molar-refractivity contribution in [2.24, 2.45) is 5.41 Å². The minimum Gasteiger partial charge on any atom is -0.497 e. The van der Waals surface area contributed by atoms with E-state index >= 15 is 0 Å². The van der Waals surface area contributed by atoms with E-state index in [2.05, 4.69) is 0 Å². The summed E-state index contributed by atoms with van der Waals surface area (Å²) in [7, 11) is 1.53. The first-order chi connectivity index (χ1) is 14.2. The van der Waals surface area contributed by atoms with Crippen molar-refractivity contribution in [2.75, 3.05) is 7.11 Å². The molecule has 0 heterocycles. The second kappa shape index (κ2) is 8.50. The van der Waals surface area contributed by atoms with Crippen molar-refractivity contribution >= 4 is 17.3 Å². The van der Waals surface area contributed by atoms with Gasteiger partial charge in [0, 0.05) is 30.7 Å². The number of hydrogen-bond acceptors (Lipinski definition) is 6. The second-order valence-corrected chi connectivity index (χ2v) is 8.51. The van der Waals surface area contributed by atoms with Crippen LogP contribution in [0.3, 0.4) is 0 Å². The highest BCUT2D eigenvalue weighted by Gasteiger charge is 2.59. The third kappa shape index (κ3) is 4.06. The third-order valence-electron chi connectivity index (χ3n) is 5.74. The molecule has 2 aromatic carbocycles.